The quantitative estimate of drug-likeness (QED) is 0.766. The van der Waals surface area contributed by atoms with Crippen molar-refractivity contribution >= 4 is 5.97 Å². The molecular formula is C15H18N4O3. The number of aromatic nitrogens is 3. The number of hydrogen-bond acceptors (Lipinski definition) is 6. The molecule has 0 radical (unpaired) electrons. The molecule has 0 saturated carbocycles. The SMILES string of the molecule is COC(=O)Cn1cc(CCN2Cc3ccccc3CO2)nn1. The van der Waals surface area contributed by atoms with Crippen LogP contribution in [0.5, 0.6) is 0 Å². The van der Waals surface area contributed by atoms with Gasteiger partial charge in [0.25, 0.3) is 0 Å². The number of carbonyl (C=O) groups is 1. The monoisotopic (exact) mass is 302 g/mol. The van der Waals surface area contributed by atoms with Gasteiger partial charge >= 0.3 is 5.97 Å². The first-order valence-electron chi connectivity index (χ1n) is 7.15. The zero-order chi connectivity index (χ0) is 15.4. The summed E-state index contributed by atoms with van der Waals surface area (Å²) in [6.45, 7) is 2.18. The standard InChI is InChI=1S/C15H18N4O3/c1-21-15(20)10-18-9-14(16-17-18)6-7-19-8-12-4-2-3-5-13(12)11-22-19/h2-5,9H,6-8,10-11H2,1H3. The van der Waals surface area contributed by atoms with Crippen molar-refractivity contribution in [2.24, 2.45) is 0 Å². The van der Waals surface area contributed by atoms with E-state index in [-0.39, 0.29) is 12.5 Å². The maximum absolute atomic E-state index is 11.2. The Morgan fingerprint density at radius 2 is 2.18 bits per heavy atom. The van der Waals surface area contributed by atoms with Crippen molar-refractivity contribution in [1.29, 1.82) is 0 Å². The van der Waals surface area contributed by atoms with Gasteiger partial charge in [-0.1, -0.05) is 29.5 Å². The molecule has 0 spiro atoms. The number of nitrogens with zero attached hydrogens (tertiary/aromatic N) is 4. The van der Waals surface area contributed by atoms with E-state index >= 15 is 0 Å². The Bertz CT molecular complexity index is 656. The molecule has 22 heavy (non-hydrogen) atoms. The van der Waals surface area contributed by atoms with E-state index in [1.165, 1.54) is 22.9 Å². The van der Waals surface area contributed by atoms with E-state index in [1.54, 1.807) is 6.20 Å². The van der Waals surface area contributed by atoms with Gasteiger partial charge in [-0.05, 0) is 11.1 Å². The third kappa shape index (κ3) is 3.49. The van der Waals surface area contributed by atoms with Crippen LogP contribution in [0.2, 0.25) is 0 Å². The van der Waals surface area contributed by atoms with Crippen LogP contribution in [0.4, 0.5) is 0 Å². The van der Waals surface area contributed by atoms with E-state index in [4.69, 9.17) is 4.84 Å². The number of carbonyl (C=O) groups excluding carboxylic acids is 1. The van der Waals surface area contributed by atoms with Crippen molar-refractivity contribution in [3.63, 3.8) is 0 Å². The van der Waals surface area contributed by atoms with Crippen LogP contribution < -0.4 is 0 Å². The van der Waals surface area contributed by atoms with Crippen LogP contribution in [0.1, 0.15) is 16.8 Å². The predicted molar refractivity (Wildman–Crippen MR) is 77.4 cm³/mol. The molecule has 0 bridgehead atoms. The lowest BCUT2D eigenvalue weighted by Gasteiger charge is -2.27. The fourth-order valence-corrected chi connectivity index (χ4v) is 2.36. The Labute approximate surface area is 128 Å². The number of rotatable bonds is 5. The van der Waals surface area contributed by atoms with Crippen molar-refractivity contribution in [3.05, 3.63) is 47.3 Å². The van der Waals surface area contributed by atoms with Gasteiger partial charge in [0.05, 0.1) is 19.4 Å². The smallest absolute Gasteiger partial charge is 0.327 e. The summed E-state index contributed by atoms with van der Waals surface area (Å²) in [6, 6.07) is 8.28. The second-order valence-electron chi connectivity index (χ2n) is 5.14. The highest BCUT2D eigenvalue weighted by molar-refractivity contribution is 5.68. The van der Waals surface area contributed by atoms with Crippen LogP contribution in [0.15, 0.2) is 30.5 Å². The summed E-state index contributed by atoms with van der Waals surface area (Å²) >= 11 is 0. The van der Waals surface area contributed by atoms with Crippen LogP contribution >= 0.6 is 0 Å². The molecule has 7 nitrogen and oxygen atoms in total. The molecule has 0 aliphatic carbocycles. The van der Waals surface area contributed by atoms with E-state index < -0.39 is 0 Å². The fraction of sp³-hybridized carbons (Fsp3) is 0.400. The summed E-state index contributed by atoms with van der Waals surface area (Å²) < 4.78 is 6.08. The second kappa shape index (κ2) is 6.67. The summed E-state index contributed by atoms with van der Waals surface area (Å²) in [7, 11) is 1.35. The fourth-order valence-electron chi connectivity index (χ4n) is 2.36. The van der Waals surface area contributed by atoms with E-state index in [2.05, 4.69) is 27.2 Å². The third-order valence-electron chi connectivity index (χ3n) is 3.59. The molecule has 0 N–H and O–H groups in total. The molecule has 7 heteroatoms. The maximum Gasteiger partial charge on any atom is 0.327 e. The first-order valence-corrected chi connectivity index (χ1v) is 7.15. The molecule has 2 heterocycles. The van der Waals surface area contributed by atoms with E-state index in [0.29, 0.717) is 13.0 Å². The number of benzene rings is 1. The van der Waals surface area contributed by atoms with Crippen LogP contribution in [0, 0.1) is 0 Å². The second-order valence-corrected chi connectivity index (χ2v) is 5.14. The van der Waals surface area contributed by atoms with Crippen molar-refractivity contribution in [3.8, 4) is 0 Å². The number of hydroxylamine groups is 2. The molecule has 3 rings (SSSR count). The summed E-state index contributed by atoms with van der Waals surface area (Å²) in [5.41, 5.74) is 3.36. The molecule has 1 aromatic heterocycles. The molecule has 0 amide bonds. The van der Waals surface area contributed by atoms with Gasteiger partial charge in [-0.3, -0.25) is 9.63 Å². The Morgan fingerprint density at radius 1 is 1.36 bits per heavy atom. The number of fused-ring (bicyclic) bond motifs is 1. The van der Waals surface area contributed by atoms with Crippen LogP contribution in [0.3, 0.4) is 0 Å². The Hall–Kier alpha value is -2.25. The number of esters is 1. The summed E-state index contributed by atoms with van der Waals surface area (Å²) in [5, 5.41) is 9.90. The first-order chi connectivity index (χ1) is 10.7. The van der Waals surface area contributed by atoms with Gasteiger partial charge in [-0.15, -0.1) is 5.10 Å². The van der Waals surface area contributed by atoms with Crippen LogP contribution in [-0.2, 0) is 40.5 Å². The third-order valence-corrected chi connectivity index (χ3v) is 3.59. The van der Waals surface area contributed by atoms with Crippen LogP contribution in [0.25, 0.3) is 0 Å². The molecule has 1 aliphatic heterocycles. The summed E-state index contributed by atoms with van der Waals surface area (Å²) in [6.07, 6.45) is 2.47. The molecule has 116 valence electrons. The zero-order valence-electron chi connectivity index (χ0n) is 12.4. The highest BCUT2D eigenvalue weighted by atomic mass is 16.7. The zero-order valence-corrected chi connectivity index (χ0v) is 12.4. The number of hydrogen-bond donors (Lipinski definition) is 0. The van der Waals surface area contributed by atoms with E-state index in [0.717, 1.165) is 18.8 Å². The average molecular weight is 302 g/mol. The normalized spacial score (nSPS) is 14.6. The molecule has 0 fully saturated rings. The van der Waals surface area contributed by atoms with Crippen molar-refractivity contribution in [1.82, 2.24) is 20.1 Å². The Kier molecular flexibility index (Phi) is 4.45. The number of ether oxygens (including phenoxy) is 1. The molecule has 1 aromatic carbocycles. The van der Waals surface area contributed by atoms with Gasteiger partial charge in [0, 0.05) is 25.7 Å². The van der Waals surface area contributed by atoms with Gasteiger partial charge < -0.3 is 4.74 Å². The van der Waals surface area contributed by atoms with Gasteiger partial charge in [-0.25, -0.2) is 4.68 Å². The summed E-state index contributed by atoms with van der Waals surface area (Å²) in [5.74, 6) is -0.340. The van der Waals surface area contributed by atoms with Gasteiger partial charge in [0.2, 0.25) is 0 Å². The first kappa shape index (κ1) is 14.7. The highest BCUT2D eigenvalue weighted by Gasteiger charge is 2.16. The molecule has 0 atom stereocenters. The summed E-state index contributed by atoms with van der Waals surface area (Å²) in [4.78, 5) is 16.9. The maximum atomic E-state index is 11.2. The van der Waals surface area contributed by atoms with Gasteiger partial charge in [0.15, 0.2) is 0 Å². The Morgan fingerprint density at radius 3 is 3.00 bits per heavy atom. The van der Waals surface area contributed by atoms with Gasteiger partial charge in [-0.2, -0.15) is 5.06 Å². The molecule has 0 saturated heterocycles. The topological polar surface area (TPSA) is 69.5 Å². The van der Waals surface area contributed by atoms with E-state index in [1.807, 2.05) is 17.2 Å². The van der Waals surface area contributed by atoms with Crippen molar-refractivity contribution in [2.75, 3.05) is 13.7 Å². The molecule has 2 aromatic rings. The van der Waals surface area contributed by atoms with Gasteiger partial charge in [0.1, 0.15) is 6.54 Å². The van der Waals surface area contributed by atoms with E-state index in [9.17, 15) is 4.79 Å². The highest BCUT2D eigenvalue weighted by Crippen LogP contribution is 2.19. The largest absolute Gasteiger partial charge is 0.468 e. The minimum absolute atomic E-state index is 0.0804. The average Bonchev–Trinajstić information content (AvgIpc) is 3.00. The predicted octanol–water partition coefficient (Wildman–Crippen LogP) is 0.941. The lowest BCUT2D eigenvalue weighted by atomic mass is 10.1. The van der Waals surface area contributed by atoms with Crippen LogP contribution in [-0.4, -0.2) is 39.7 Å². The molecular weight excluding hydrogens is 284 g/mol. The lowest BCUT2D eigenvalue weighted by molar-refractivity contribution is -0.186. The van der Waals surface area contributed by atoms with Crippen molar-refractivity contribution in [2.45, 2.75) is 26.1 Å². The minimum atomic E-state index is -0.340. The lowest BCUT2D eigenvalue weighted by Crippen LogP contribution is -2.30. The number of methoxy groups -OCH3 is 1. The molecule has 0 unspecified atom stereocenters. The Balaban J connectivity index is 1.52. The van der Waals surface area contributed by atoms with Crippen molar-refractivity contribution < 1.29 is 14.4 Å². The minimum Gasteiger partial charge on any atom is -0.468 e. The molecule has 1 aliphatic rings.